The molecule has 0 saturated heterocycles. The van der Waals surface area contributed by atoms with Gasteiger partial charge in [0.2, 0.25) is 0 Å². The third kappa shape index (κ3) is 9.51. The van der Waals surface area contributed by atoms with Gasteiger partial charge in [-0.25, -0.2) is 4.57 Å². The molecule has 19 heavy (non-hydrogen) atoms. The topological polar surface area (TPSA) is 88.5 Å². The van der Waals surface area contributed by atoms with Crippen LogP contribution in [-0.4, -0.2) is 60.4 Å². The molecule has 0 rings (SSSR count). The molecule has 0 aromatic carbocycles. The molecule has 7 nitrogen and oxygen atoms in total. The van der Waals surface area contributed by atoms with Crippen molar-refractivity contribution in [1.29, 1.82) is 0 Å². The summed E-state index contributed by atoms with van der Waals surface area (Å²) < 4.78 is 28.0. The number of hydrogen-bond acceptors (Lipinski definition) is 7. The molecule has 0 aromatic heterocycles. The Balaban J connectivity index is 4.49. The fraction of sp³-hybridized carbons (Fsp3) is 1.00. The lowest BCUT2D eigenvalue weighted by Gasteiger charge is -2.25. The summed E-state index contributed by atoms with van der Waals surface area (Å²) in [6.07, 6.45) is -0.595. The Morgan fingerprint density at radius 2 is 1.42 bits per heavy atom. The summed E-state index contributed by atoms with van der Waals surface area (Å²) >= 11 is 0. The first-order valence-electron chi connectivity index (χ1n) is 6.38. The van der Waals surface area contributed by atoms with E-state index in [1.165, 1.54) is 0 Å². The minimum atomic E-state index is -3.64. The van der Waals surface area contributed by atoms with Crippen LogP contribution in [0.2, 0.25) is 0 Å². The van der Waals surface area contributed by atoms with Gasteiger partial charge in [0.1, 0.15) is 6.73 Å². The predicted molar refractivity (Wildman–Crippen MR) is 71.7 cm³/mol. The van der Waals surface area contributed by atoms with E-state index in [1.807, 2.05) is 0 Å². The van der Waals surface area contributed by atoms with Crippen LogP contribution >= 0.6 is 7.82 Å². The fourth-order valence-electron chi connectivity index (χ4n) is 1.28. The Kier molecular flexibility index (Phi) is 9.82. The van der Waals surface area contributed by atoms with Crippen LogP contribution in [0.25, 0.3) is 0 Å². The number of phosphoric acid groups is 1. The quantitative estimate of drug-likeness (QED) is 0.438. The SMILES string of the molecule is CC(C)OP(=O)(OCN(CCO)CCO)OC(C)C. The molecule has 0 aromatic rings. The fourth-order valence-corrected chi connectivity index (χ4v) is 2.79. The van der Waals surface area contributed by atoms with Gasteiger partial charge in [0, 0.05) is 13.1 Å². The van der Waals surface area contributed by atoms with Gasteiger partial charge in [0.25, 0.3) is 0 Å². The molecule has 0 unspecified atom stereocenters. The van der Waals surface area contributed by atoms with Gasteiger partial charge in [-0.2, -0.15) is 0 Å². The second-order valence-corrected chi connectivity index (χ2v) is 6.15. The molecule has 0 heterocycles. The van der Waals surface area contributed by atoms with Crippen molar-refractivity contribution in [1.82, 2.24) is 4.90 Å². The average Bonchev–Trinajstić information content (AvgIpc) is 2.24. The van der Waals surface area contributed by atoms with Crippen LogP contribution in [0.4, 0.5) is 0 Å². The summed E-state index contributed by atoms with van der Waals surface area (Å²) in [5.74, 6) is 0. The third-order valence-corrected chi connectivity index (χ3v) is 3.70. The highest BCUT2D eigenvalue weighted by molar-refractivity contribution is 7.48. The largest absolute Gasteiger partial charge is 0.476 e. The Bertz CT molecular complexity index is 254. The number of aliphatic hydroxyl groups excluding tert-OH is 2. The molecule has 0 bridgehead atoms. The first kappa shape index (κ1) is 19.0. The van der Waals surface area contributed by atoms with Crippen molar-refractivity contribution in [3.63, 3.8) is 0 Å². The summed E-state index contributed by atoms with van der Waals surface area (Å²) in [6, 6.07) is 0. The lowest BCUT2D eigenvalue weighted by molar-refractivity contribution is 0.0243. The molecule has 0 atom stereocenters. The van der Waals surface area contributed by atoms with Gasteiger partial charge in [-0.3, -0.25) is 18.5 Å². The smallest absolute Gasteiger partial charge is 0.395 e. The number of hydrogen-bond donors (Lipinski definition) is 2. The van der Waals surface area contributed by atoms with Crippen molar-refractivity contribution in [2.75, 3.05) is 33.0 Å². The van der Waals surface area contributed by atoms with E-state index < -0.39 is 7.82 Å². The highest BCUT2D eigenvalue weighted by atomic mass is 31.2. The summed E-state index contributed by atoms with van der Waals surface area (Å²) in [6.45, 7) is 7.36. The number of aliphatic hydroxyl groups is 2. The van der Waals surface area contributed by atoms with Crippen LogP contribution in [0.5, 0.6) is 0 Å². The highest BCUT2D eigenvalue weighted by Gasteiger charge is 2.30. The molecule has 0 aliphatic heterocycles. The zero-order chi connectivity index (χ0) is 14.9. The van der Waals surface area contributed by atoms with E-state index >= 15 is 0 Å². The van der Waals surface area contributed by atoms with Crippen molar-refractivity contribution in [2.24, 2.45) is 0 Å². The minimum Gasteiger partial charge on any atom is -0.395 e. The van der Waals surface area contributed by atoms with Crippen molar-refractivity contribution >= 4 is 7.82 Å². The van der Waals surface area contributed by atoms with Crippen molar-refractivity contribution in [2.45, 2.75) is 39.9 Å². The minimum absolute atomic E-state index is 0.0438. The molecule has 0 aliphatic rings. The van der Waals surface area contributed by atoms with Crippen LogP contribution in [0.1, 0.15) is 27.7 Å². The second-order valence-electron chi connectivity index (χ2n) is 4.58. The normalized spacial score (nSPS) is 12.9. The summed E-state index contributed by atoms with van der Waals surface area (Å²) in [5.41, 5.74) is 0. The van der Waals surface area contributed by atoms with Gasteiger partial charge in [-0.15, -0.1) is 0 Å². The molecular formula is C11H26NO6P. The van der Waals surface area contributed by atoms with Crippen LogP contribution in [-0.2, 0) is 18.1 Å². The zero-order valence-corrected chi connectivity index (χ0v) is 13.0. The van der Waals surface area contributed by atoms with Gasteiger partial charge in [0.05, 0.1) is 25.4 Å². The molecule has 0 amide bonds. The Labute approximate surface area is 115 Å². The van der Waals surface area contributed by atoms with Gasteiger partial charge in [-0.05, 0) is 27.7 Å². The van der Waals surface area contributed by atoms with E-state index in [0.717, 1.165) is 0 Å². The van der Waals surface area contributed by atoms with Gasteiger partial charge in [0.15, 0.2) is 0 Å². The summed E-state index contributed by atoms with van der Waals surface area (Å²) in [4.78, 5) is 1.61. The maximum atomic E-state index is 12.3. The lowest BCUT2D eigenvalue weighted by Crippen LogP contribution is -2.32. The molecule has 0 radical (unpaired) electrons. The Morgan fingerprint density at radius 3 is 1.74 bits per heavy atom. The van der Waals surface area contributed by atoms with Crippen molar-refractivity contribution < 1.29 is 28.3 Å². The molecule has 2 N–H and O–H groups in total. The maximum Gasteiger partial charge on any atom is 0.476 e. The lowest BCUT2D eigenvalue weighted by atomic mass is 10.5. The number of rotatable bonds is 11. The molecule has 0 spiro atoms. The Hall–Kier alpha value is -0.0100. The van der Waals surface area contributed by atoms with Crippen molar-refractivity contribution in [3.8, 4) is 0 Å². The average molecular weight is 299 g/mol. The molecule has 0 aliphatic carbocycles. The molecule has 0 fully saturated rings. The predicted octanol–water partition coefficient (Wildman–Crippen LogP) is 1.21. The standard InChI is InChI=1S/C11H26NO6P/c1-10(2)17-19(15,18-11(3)4)16-9-12(5-7-13)6-8-14/h10-11,13-14H,5-9H2,1-4H3. The van der Waals surface area contributed by atoms with Gasteiger partial charge in [-0.1, -0.05) is 0 Å². The molecule has 8 heteroatoms. The first-order valence-corrected chi connectivity index (χ1v) is 7.84. The van der Waals surface area contributed by atoms with E-state index in [9.17, 15) is 4.57 Å². The van der Waals surface area contributed by atoms with Crippen LogP contribution in [0, 0.1) is 0 Å². The van der Waals surface area contributed by atoms with Gasteiger partial charge >= 0.3 is 7.82 Å². The van der Waals surface area contributed by atoms with E-state index in [-0.39, 0.29) is 32.2 Å². The summed E-state index contributed by atoms with van der Waals surface area (Å²) in [5, 5.41) is 17.7. The number of nitrogens with zero attached hydrogens (tertiary/aromatic N) is 1. The van der Waals surface area contributed by atoms with E-state index in [1.54, 1.807) is 32.6 Å². The van der Waals surface area contributed by atoms with E-state index in [2.05, 4.69) is 0 Å². The zero-order valence-electron chi connectivity index (χ0n) is 12.1. The third-order valence-electron chi connectivity index (χ3n) is 1.91. The Morgan fingerprint density at radius 1 is 1.00 bits per heavy atom. The van der Waals surface area contributed by atoms with Crippen LogP contribution in [0.15, 0.2) is 0 Å². The maximum absolute atomic E-state index is 12.3. The highest BCUT2D eigenvalue weighted by Crippen LogP contribution is 2.51. The van der Waals surface area contributed by atoms with E-state index in [4.69, 9.17) is 23.8 Å². The van der Waals surface area contributed by atoms with Crippen molar-refractivity contribution in [3.05, 3.63) is 0 Å². The van der Waals surface area contributed by atoms with Gasteiger partial charge < -0.3 is 10.2 Å². The second kappa shape index (κ2) is 9.83. The molecular weight excluding hydrogens is 273 g/mol. The molecule has 0 saturated carbocycles. The van der Waals surface area contributed by atoms with E-state index in [0.29, 0.717) is 13.1 Å². The molecule has 116 valence electrons. The first-order chi connectivity index (χ1) is 8.83. The summed E-state index contributed by atoms with van der Waals surface area (Å²) in [7, 11) is -3.64. The van der Waals surface area contributed by atoms with Crippen LogP contribution < -0.4 is 0 Å². The van der Waals surface area contributed by atoms with Crippen LogP contribution in [0.3, 0.4) is 0 Å². The number of phosphoric ester groups is 1. The monoisotopic (exact) mass is 299 g/mol.